The second-order valence-electron chi connectivity index (χ2n) is 5.75. The van der Waals surface area contributed by atoms with Crippen LogP contribution in [0.3, 0.4) is 0 Å². The predicted molar refractivity (Wildman–Crippen MR) is 99.9 cm³/mol. The lowest BCUT2D eigenvalue weighted by molar-refractivity contribution is 0.0372. The van der Waals surface area contributed by atoms with E-state index in [1.165, 1.54) is 0 Å². The molecule has 0 spiro atoms. The molecule has 4 rings (SSSR count). The van der Waals surface area contributed by atoms with Crippen molar-refractivity contribution in [3.05, 3.63) is 53.1 Å². The molecule has 2 aromatic carbocycles. The molecule has 128 valence electrons. The maximum atomic E-state index is 9.96. The summed E-state index contributed by atoms with van der Waals surface area (Å²) in [5.41, 5.74) is 1.69. The zero-order valence-electron chi connectivity index (χ0n) is 13.5. The molecule has 1 aliphatic rings. The van der Waals surface area contributed by atoms with E-state index in [0.717, 1.165) is 24.2 Å². The Morgan fingerprint density at radius 1 is 1.12 bits per heavy atom. The van der Waals surface area contributed by atoms with E-state index in [2.05, 4.69) is 30.9 Å². The van der Waals surface area contributed by atoms with E-state index >= 15 is 0 Å². The van der Waals surface area contributed by atoms with Gasteiger partial charge in [0.25, 0.3) is 0 Å². The molecule has 3 aromatic rings. The number of ether oxygens (including phenoxy) is 1. The van der Waals surface area contributed by atoms with E-state index in [9.17, 15) is 5.11 Å². The van der Waals surface area contributed by atoms with Crippen LogP contribution in [0.25, 0.3) is 10.9 Å². The highest BCUT2D eigenvalue weighted by Gasteiger charge is 2.23. The zero-order valence-corrected chi connectivity index (χ0v) is 15.1. The summed E-state index contributed by atoms with van der Waals surface area (Å²) in [5.74, 6) is 0.733. The number of nitrogens with zero attached hydrogens (tertiary/aromatic N) is 4. The summed E-state index contributed by atoms with van der Waals surface area (Å²) < 4.78 is 6.10. The average molecular weight is 401 g/mol. The monoisotopic (exact) mass is 400 g/mol. The van der Waals surface area contributed by atoms with Crippen molar-refractivity contribution < 1.29 is 9.84 Å². The van der Waals surface area contributed by atoms with Crippen molar-refractivity contribution in [2.75, 3.05) is 31.3 Å². The van der Waals surface area contributed by atoms with Crippen LogP contribution in [0.2, 0.25) is 0 Å². The second kappa shape index (κ2) is 6.95. The summed E-state index contributed by atoms with van der Waals surface area (Å²) in [7, 11) is 0. The minimum atomic E-state index is 0.162. The number of fused-ring (bicyclic) bond motifs is 1. The highest BCUT2D eigenvalue weighted by atomic mass is 79.9. The standard InChI is InChI=1S/C18H17BrN4O2/c19-15-10-13-12-20-18(21-16(13)11-17(15)24)23(14-4-2-1-3-5-14)22-6-8-25-9-7-22/h1-5,10-12,24H,6-9H2. The maximum Gasteiger partial charge on any atom is 0.245 e. The van der Waals surface area contributed by atoms with Crippen LogP contribution < -0.4 is 5.01 Å². The van der Waals surface area contributed by atoms with Crippen LogP contribution in [0, 0.1) is 0 Å². The van der Waals surface area contributed by atoms with Crippen molar-refractivity contribution in [2.24, 2.45) is 0 Å². The number of hydrogen-bond acceptors (Lipinski definition) is 6. The third-order valence-electron chi connectivity index (χ3n) is 4.10. The average Bonchev–Trinajstić information content (AvgIpc) is 2.65. The van der Waals surface area contributed by atoms with E-state index in [4.69, 9.17) is 4.74 Å². The summed E-state index contributed by atoms with van der Waals surface area (Å²) in [6.45, 7) is 2.87. The van der Waals surface area contributed by atoms with Crippen LogP contribution in [0.1, 0.15) is 0 Å². The lowest BCUT2D eigenvalue weighted by Crippen LogP contribution is -2.47. The van der Waals surface area contributed by atoms with Crippen molar-refractivity contribution in [1.82, 2.24) is 15.0 Å². The number of para-hydroxylation sites is 1. The van der Waals surface area contributed by atoms with Crippen LogP contribution in [0.5, 0.6) is 5.75 Å². The first-order chi connectivity index (χ1) is 12.2. The van der Waals surface area contributed by atoms with Gasteiger partial charge in [0.1, 0.15) is 5.75 Å². The predicted octanol–water partition coefficient (Wildman–Crippen LogP) is 3.48. The minimum absolute atomic E-state index is 0.162. The van der Waals surface area contributed by atoms with E-state index in [1.54, 1.807) is 12.3 Å². The molecule has 6 nitrogen and oxygen atoms in total. The van der Waals surface area contributed by atoms with Gasteiger partial charge >= 0.3 is 0 Å². The van der Waals surface area contributed by atoms with Gasteiger partial charge in [0.05, 0.1) is 28.9 Å². The number of aromatic nitrogens is 2. The SMILES string of the molecule is Oc1cc2nc(N(c3ccccc3)N3CCOCC3)ncc2cc1Br. The van der Waals surface area contributed by atoms with Crippen LogP contribution in [-0.2, 0) is 4.74 Å². The number of benzene rings is 2. The largest absolute Gasteiger partial charge is 0.507 e. The molecular weight excluding hydrogens is 384 g/mol. The summed E-state index contributed by atoms with van der Waals surface area (Å²) in [6, 6.07) is 13.5. The van der Waals surface area contributed by atoms with Gasteiger partial charge in [-0.1, -0.05) is 18.2 Å². The summed E-state index contributed by atoms with van der Waals surface area (Å²) in [4.78, 5) is 9.24. The first kappa shape index (κ1) is 16.3. The number of morpholine rings is 1. The van der Waals surface area contributed by atoms with Crippen LogP contribution in [-0.4, -0.2) is 46.4 Å². The minimum Gasteiger partial charge on any atom is -0.507 e. The van der Waals surface area contributed by atoms with E-state index < -0.39 is 0 Å². The fourth-order valence-electron chi connectivity index (χ4n) is 2.86. The molecule has 0 aliphatic carbocycles. The molecule has 1 N–H and O–H groups in total. The highest BCUT2D eigenvalue weighted by Crippen LogP contribution is 2.31. The second-order valence-corrected chi connectivity index (χ2v) is 6.60. The number of anilines is 2. The van der Waals surface area contributed by atoms with Crippen molar-refractivity contribution in [1.29, 1.82) is 0 Å². The molecule has 0 amide bonds. The number of phenolic OH excluding ortho intramolecular Hbond substituents is 1. The third-order valence-corrected chi connectivity index (χ3v) is 4.73. The molecule has 0 saturated carbocycles. The molecule has 0 atom stereocenters. The zero-order chi connectivity index (χ0) is 17.2. The Kier molecular flexibility index (Phi) is 4.52. The molecule has 7 heteroatoms. The fourth-order valence-corrected chi connectivity index (χ4v) is 3.22. The van der Waals surface area contributed by atoms with E-state index in [1.807, 2.05) is 41.4 Å². The molecule has 1 saturated heterocycles. The van der Waals surface area contributed by atoms with Gasteiger partial charge < -0.3 is 9.84 Å². The van der Waals surface area contributed by atoms with Gasteiger partial charge in [-0.3, -0.25) is 0 Å². The smallest absolute Gasteiger partial charge is 0.245 e. The summed E-state index contributed by atoms with van der Waals surface area (Å²) >= 11 is 3.32. The van der Waals surface area contributed by atoms with Crippen molar-refractivity contribution in [2.45, 2.75) is 0 Å². The number of hydrazine groups is 1. The lowest BCUT2D eigenvalue weighted by Gasteiger charge is -2.37. The van der Waals surface area contributed by atoms with Crippen molar-refractivity contribution in [3.8, 4) is 5.75 Å². The van der Waals surface area contributed by atoms with E-state index in [0.29, 0.717) is 29.2 Å². The number of halogens is 1. The number of rotatable bonds is 3. The molecule has 25 heavy (non-hydrogen) atoms. The Labute approximate surface area is 153 Å². The molecule has 0 unspecified atom stereocenters. The third kappa shape index (κ3) is 3.30. The Bertz CT molecular complexity index is 885. The Morgan fingerprint density at radius 2 is 1.88 bits per heavy atom. The fraction of sp³-hybridized carbons (Fsp3) is 0.222. The van der Waals surface area contributed by atoms with Gasteiger partial charge in [-0.25, -0.2) is 20.0 Å². The van der Waals surface area contributed by atoms with Gasteiger partial charge in [0.2, 0.25) is 5.95 Å². The Hall–Kier alpha value is -2.22. The molecule has 1 aromatic heterocycles. The molecule has 0 radical (unpaired) electrons. The number of aromatic hydroxyl groups is 1. The Morgan fingerprint density at radius 3 is 2.64 bits per heavy atom. The van der Waals surface area contributed by atoms with Gasteiger partial charge in [-0.15, -0.1) is 0 Å². The van der Waals surface area contributed by atoms with Gasteiger partial charge in [-0.05, 0) is 34.1 Å². The van der Waals surface area contributed by atoms with Crippen LogP contribution in [0.15, 0.2) is 53.1 Å². The van der Waals surface area contributed by atoms with Crippen molar-refractivity contribution in [3.63, 3.8) is 0 Å². The molecule has 1 fully saturated rings. The van der Waals surface area contributed by atoms with Gasteiger partial charge in [0, 0.05) is 30.7 Å². The Balaban J connectivity index is 1.81. The normalized spacial score (nSPS) is 15.4. The van der Waals surface area contributed by atoms with E-state index in [-0.39, 0.29) is 5.75 Å². The number of hydrogen-bond donors (Lipinski definition) is 1. The molecule has 2 heterocycles. The van der Waals surface area contributed by atoms with Crippen LogP contribution >= 0.6 is 15.9 Å². The first-order valence-electron chi connectivity index (χ1n) is 8.05. The van der Waals surface area contributed by atoms with Gasteiger partial charge in [-0.2, -0.15) is 0 Å². The highest BCUT2D eigenvalue weighted by molar-refractivity contribution is 9.10. The van der Waals surface area contributed by atoms with Crippen LogP contribution in [0.4, 0.5) is 11.6 Å². The maximum absolute atomic E-state index is 9.96. The molecular formula is C18H17BrN4O2. The van der Waals surface area contributed by atoms with Crippen molar-refractivity contribution >= 4 is 38.5 Å². The molecule has 0 bridgehead atoms. The topological polar surface area (TPSA) is 61.7 Å². The first-order valence-corrected chi connectivity index (χ1v) is 8.85. The van der Waals surface area contributed by atoms with Gasteiger partial charge in [0.15, 0.2) is 0 Å². The summed E-state index contributed by atoms with van der Waals surface area (Å²) in [6.07, 6.45) is 1.78. The quantitative estimate of drug-likeness (QED) is 0.725. The summed E-state index contributed by atoms with van der Waals surface area (Å²) in [5, 5.41) is 15.0. The lowest BCUT2D eigenvalue weighted by atomic mass is 10.2. The molecule has 1 aliphatic heterocycles. The number of phenols is 1.